The molecule has 3 aromatic carbocycles. The third kappa shape index (κ3) is 5.67. The Hall–Kier alpha value is -4.80. The van der Waals surface area contributed by atoms with Crippen molar-refractivity contribution in [2.45, 2.75) is 44.0 Å². The maximum Gasteiger partial charge on any atom is 0.351 e. The van der Waals surface area contributed by atoms with Crippen LogP contribution < -0.4 is 11.4 Å². The fraction of sp³-hybridized carbons (Fsp3) is 0.250. The second-order valence-electron chi connectivity index (χ2n) is 10.2. The molecule has 0 bridgehead atoms. The van der Waals surface area contributed by atoms with Crippen molar-refractivity contribution in [1.29, 1.82) is 0 Å². The van der Waals surface area contributed by atoms with Crippen molar-refractivity contribution in [3.05, 3.63) is 130 Å². The number of ether oxygens (including phenoxy) is 4. The Bertz CT molecular complexity index is 1600. The number of hydrogen-bond acceptors (Lipinski definition) is 9. The quantitative estimate of drug-likeness (QED) is 0.298. The Kier molecular flexibility index (Phi) is 8.19. The van der Waals surface area contributed by atoms with E-state index >= 15 is 0 Å². The van der Waals surface area contributed by atoms with Gasteiger partial charge in [-0.2, -0.15) is 4.98 Å². The van der Waals surface area contributed by atoms with Crippen LogP contribution in [-0.2, 0) is 31.3 Å². The summed E-state index contributed by atoms with van der Waals surface area (Å²) in [5.41, 5.74) is 3.06. The highest BCUT2D eigenvalue weighted by molar-refractivity contribution is 5.90. The van der Waals surface area contributed by atoms with Crippen LogP contribution in [0.1, 0.15) is 40.1 Å². The highest BCUT2D eigenvalue weighted by Gasteiger charge is 2.67. The van der Waals surface area contributed by atoms with Gasteiger partial charge >= 0.3 is 17.6 Å². The molecule has 2 N–H and O–H groups in total. The molecule has 1 saturated heterocycles. The van der Waals surface area contributed by atoms with Gasteiger partial charge in [-0.3, -0.25) is 4.57 Å². The lowest BCUT2D eigenvalue weighted by Crippen LogP contribution is -2.60. The van der Waals surface area contributed by atoms with Gasteiger partial charge in [0.1, 0.15) is 11.9 Å². The van der Waals surface area contributed by atoms with E-state index in [1.165, 1.54) is 16.8 Å². The average molecular weight is 570 g/mol. The van der Waals surface area contributed by atoms with E-state index in [4.69, 9.17) is 24.7 Å². The van der Waals surface area contributed by atoms with Gasteiger partial charge in [-0.1, -0.05) is 66.7 Å². The largest absolute Gasteiger partial charge is 0.451 e. The minimum atomic E-state index is -1.74. The maximum absolute atomic E-state index is 13.5. The summed E-state index contributed by atoms with van der Waals surface area (Å²) in [5, 5.41) is 0. The first-order valence-corrected chi connectivity index (χ1v) is 13.4. The van der Waals surface area contributed by atoms with Crippen molar-refractivity contribution < 1.29 is 28.5 Å². The predicted molar refractivity (Wildman–Crippen MR) is 153 cm³/mol. The Labute approximate surface area is 242 Å². The standard InChI is InChI=1S/C32H31N3O7/c1-31(42-29(37)24-16-10-5-11-17-24)27(40-28(36)23-14-8-4-9-15-23)25(21-39-20-22-12-6-3-7-13-22)41-32(31,2)35-19-18-26(33)34-30(35)38/h3-19,25,27H,20-21H2,1-2H3,(H2,33,34,38). The van der Waals surface area contributed by atoms with Gasteiger partial charge in [0.25, 0.3) is 0 Å². The van der Waals surface area contributed by atoms with Gasteiger partial charge in [0.2, 0.25) is 0 Å². The first-order chi connectivity index (χ1) is 20.2. The Balaban J connectivity index is 1.56. The van der Waals surface area contributed by atoms with Crippen LogP contribution >= 0.6 is 0 Å². The van der Waals surface area contributed by atoms with Crippen LogP contribution in [-0.4, -0.2) is 45.9 Å². The molecule has 1 aliphatic heterocycles. The van der Waals surface area contributed by atoms with Crippen molar-refractivity contribution in [3.63, 3.8) is 0 Å². The van der Waals surface area contributed by atoms with E-state index in [9.17, 15) is 14.4 Å². The minimum absolute atomic E-state index is 0.00984. The SMILES string of the molecule is CC1(OC(=O)c2ccccc2)C(OC(=O)c2ccccc2)C(COCc2ccccc2)OC1(C)n1ccc(N)nc1=O. The number of nitrogen functional groups attached to an aromatic ring is 1. The summed E-state index contributed by atoms with van der Waals surface area (Å²) in [6.07, 6.45) is -0.754. The number of anilines is 1. The van der Waals surface area contributed by atoms with Gasteiger partial charge in [-0.15, -0.1) is 0 Å². The molecule has 4 unspecified atom stereocenters. The summed E-state index contributed by atoms with van der Waals surface area (Å²) in [4.78, 5) is 43.9. The molecule has 10 heteroatoms. The third-order valence-corrected chi connectivity index (χ3v) is 7.42. The highest BCUT2D eigenvalue weighted by Crippen LogP contribution is 2.47. The number of rotatable bonds is 9. The second kappa shape index (κ2) is 12.0. The van der Waals surface area contributed by atoms with Crippen LogP contribution in [0.25, 0.3) is 0 Å². The van der Waals surface area contributed by atoms with Gasteiger partial charge < -0.3 is 24.7 Å². The average Bonchev–Trinajstić information content (AvgIpc) is 3.20. The zero-order valence-corrected chi connectivity index (χ0v) is 23.2. The van der Waals surface area contributed by atoms with Gasteiger partial charge in [-0.25, -0.2) is 14.4 Å². The summed E-state index contributed by atoms with van der Waals surface area (Å²) in [6.45, 7) is 3.34. The van der Waals surface area contributed by atoms with Crippen molar-refractivity contribution in [2.24, 2.45) is 0 Å². The van der Waals surface area contributed by atoms with Gasteiger partial charge in [0, 0.05) is 6.20 Å². The molecule has 4 atom stereocenters. The zero-order valence-electron chi connectivity index (χ0n) is 23.2. The van der Waals surface area contributed by atoms with Gasteiger partial charge in [-0.05, 0) is 49.7 Å². The zero-order chi connectivity index (χ0) is 29.7. The summed E-state index contributed by atoms with van der Waals surface area (Å²) in [6, 6.07) is 27.7. The highest BCUT2D eigenvalue weighted by atomic mass is 16.7. The van der Waals surface area contributed by atoms with E-state index in [0.29, 0.717) is 0 Å². The fourth-order valence-electron chi connectivity index (χ4n) is 5.04. The molecule has 10 nitrogen and oxygen atoms in total. The van der Waals surface area contributed by atoms with Gasteiger partial charge in [0.15, 0.2) is 17.4 Å². The number of aromatic nitrogens is 2. The van der Waals surface area contributed by atoms with E-state index < -0.39 is 41.2 Å². The van der Waals surface area contributed by atoms with Crippen molar-refractivity contribution in [3.8, 4) is 0 Å². The molecule has 1 fully saturated rings. The number of benzene rings is 3. The Morgan fingerprint density at radius 1 is 0.881 bits per heavy atom. The summed E-state index contributed by atoms with van der Waals surface area (Å²) in [5.74, 6) is -1.35. The third-order valence-electron chi connectivity index (χ3n) is 7.42. The monoisotopic (exact) mass is 569 g/mol. The summed E-state index contributed by atoms with van der Waals surface area (Å²) >= 11 is 0. The molecule has 1 aliphatic rings. The number of carbonyl (C=O) groups is 2. The van der Waals surface area contributed by atoms with Crippen LogP contribution in [0.15, 0.2) is 108 Å². The van der Waals surface area contributed by atoms with Crippen LogP contribution in [0.2, 0.25) is 0 Å². The number of hydrogen-bond donors (Lipinski definition) is 1. The van der Waals surface area contributed by atoms with E-state index in [0.717, 1.165) is 5.56 Å². The van der Waals surface area contributed by atoms with E-state index in [-0.39, 0.29) is 30.2 Å². The van der Waals surface area contributed by atoms with Crippen LogP contribution in [0.5, 0.6) is 0 Å². The Morgan fingerprint density at radius 2 is 1.45 bits per heavy atom. The lowest BCUT2D eigenvalue weighted by Gasteiger charge is -2.41. The number of nitrogens with two attached hydrogens (primary N) is 1. The topological polar surface area (TPSA) is 132 Å². The molecule has 0 saturated carbocycles. The first-order valence-electron chi connectivity index (χ1n) is 13.4. The first kappa shape index (κ1) is 28.7. The fourth-order valence-corrected chi connectivity index (χ4v) is 5.04. The molecule has 5 rings (SSSR count). The minimum Gasteiger partial charge on any atom is -0.451 e. The molecule has 42 heavy (non-hydrogen) atoms. The van der Waals surface area contributed by atoms with Crippen LogP contribution in [0.4, 0.5) is 5.82 Å². The molecular weight excluding hydrogens is 538 g/mol. The second-order valence-corrected chi connectivity index (χ2v) is 10.2. The van der Waals surface area contributed by atoms with Crippen molar-refractivity contribution >= 4 is 17.8 Å². The molecule has 0 aliphatic carbocycles. The van der Waals surface area contributed by atoms with Gasteiger partial charge in [0.05, 0.1) is 24.3 Å². The normalized spacial score (nSPS) is 23.3. The lowest BCUT2D eigenvalue weighted by atomic mass is 9.87. The van der Waals surface area contributed by atoms with Crippen molar-refractivity contribution in [1.82, 2.24) is 9.55 Å². The van der Waals surface area contributed by atoms with E-state index in [1.807, 2.05) is 30.3 Å². The van der Waals surface area contributed by atoms with Crippen LogP contribution in [0.3, 0.4) is 0 Å². The molecule has 0 amide bonds. The lowest BCUT2D eigenvalue weighted by molar-refractivity contribution is -0.182. The van der Waals surface area contributed by atoms with Crippen molar-refractivity contribution in [2.75, 3.05) is 12.3 Å². The number of nitrogens with zero attached hydrogens (tertiary/aromatic N) is 2. The van der Waals surface area contributed by atoms with Crippen LogP contribution in [0, 0.1) is 0 Å². The summed E-state index contributed by atoms with van der Waals surface area (Å²) in [7, 11) is 0. The molecule has 4 aromatic rings. The molecule has 0 radical (unpaired) electrons. The molecule has 2 heterocycles. The van der Waals surface area contributed by atoms with E-state index in [1.54, 1.807) is 74.5 Å². The number of esters is 2. The summed E-state index contributed by atoms with van der Waals surface area (Å²) < 4.78 is 25.9. The molecular formula is C32H31N3O7. The smallest absolute Gasteiger partial charge is 0.351 e. The predicted octanol–water partition coefficient (Wildman–Crippen LogP) is 3.96. The number of carbonyl (C=O) groups excluding carboxylic acids is 2. The molecule has 1 aromatic heterocycles. The van der Waals surface area contributed by atoms with E-state index in [2.05, 4.69) is 4.98 Å². The Morgan fingerprint density at radius 3 is 2.05 bits per heavy atom. The molecule has 216 valence electrons. The molecule has 0 spiro atoms. The maximum atomic E-state index is 13.5.